The minimum atomic E-state index is -1.37. The van der Waals surface area contributed by atoms with Crippen LogP contribution in [0.1, 0.15) is 47.5 Å². The van der Waals surface area contributed by atoms with E-state index in [0.717, 1.165) is 6.42 Å². The van der Waals surface area contributed by atoms with Crippen molar-refractivity contribution in [2.75, 3.05) is 26.3 Å². The van der Waals surface area contributed by atoms with Crippen LogP contribution >= 0.6 is 8.53 Å². The average Bonchev–Trinajstić information content (AvgIpc) is 2.74. The molecule has 1 aliphatic heterocycles. The third-order valence-corrected chi connectivity index (χ3v) is 5.87. The maximum atomic E-state index is 12.2. The SMILES string of the molecule is CCCNC(=O)C1=NNC(C(=O)NCCOP(OCCC#N)N(C(C)C)C(C)C)=NN1. The first-order valence-electron chi connectivity index (χ1n) is 10.3. The Kier molecular flexibility index (Phi) is 12.6. The molecule has 1 heterocycles. The second-order valence-electron chi connectivity index (χ2n) is 7.04. The Bertz CT molecular complexity index is 685. The number of amides is 2. The van der Waals surface area contributed by atoms with Crippen LogP contribution in [0, 0.1) is 11.3 Å². The smallest absolute Gasteiger partial charge is 0.290 e. The van der Waals surface area contributed by atoms with Gasteiger partial charge >= 0.3 is 0 Å². The minimum Gasteiger partial charge on any atom is -0.349 e. The Morgan fingerprint density at radius 2 is 1.55 bits per heavy atom. The second kappa shape index (κ2) is 14.6. The van der Waals surface area contributed by atoms with E-state index in [-0.39, 0.29) is 49.9 Å². The maximum absolute atomic E-state index is 12.2. The molecule has 0 radical (unpaired) electrons. The number of carbonyl (C=O) groups excluding carboxylic acids is 2. The summed E-state index contributed by atoms with van der Waals surface area (Å²) < 4.78 is 13.8. The van der Waals surface area contributed by atoms with Crippen molar-refractivity contribution < 1.29 is 18.6 Å². The largest absolute Gasteiger partial charge is 0.349 e. The summed E-state index contributed by atoms with van der Waals surface area (Å²) in [5, 5.41) is 21.7. The molecule has 0 saturated heterocycles. The molecule has 0 fully saturated rings. The number of nitriles is 1. The summed E-state index contributed by atoms with van der Waals surface area (Å²) in [6, 6.07) is 2.43. The third kappa shape index (κ3) is 9.57. The van der Waals surface area contributed by atoms with E-state index in [0.29, 0.717) is 6.54 Å². The molecular formula is C18H33N8O4P. The van der Waals surface area contributed by atoms with E-state index in [1.807, 2.05) is 34.6 Å². The molecule has 0 aromatic heterocycles. The van der Waals surface area contributed by atoms with E-state index in [2.05, 4.69) is 42.4 Å². The lowest BCUT2D eigenvalue weighted by atomic mass is 10.3. The monoisotopic (exact) mass is 456 g/mol. The Labute approximate surface area is 184 Å². The minimum absolute atomic E-state index is 0.0176. The quantitative estimate of drug-likeness (QED) is 0.221. The van der Waals surface area contributed by atoms with Crippen LogP contribution in [0.3, 0.4) is 0 Å². The standard InChI is InChI=1S/C18H33N8O4P/c1-6-9-20-17(27)15-22-24-16(25-23-15)18(28)21-10-12-30-31(29-11-7-8-19)26(13(2)3)14(4)5/h13-14H,6-7,9-12H2,1-5H3,(H,20,27)(H,21,28)(H,22,23)(H,24,25). The van der Waals surface area contributed by atoms with Gasteiger partial charge in [-0.1, -0.05) is 6.92 Å². The molecule has 4 N–H and O–H groups in total. The van der Waals surface area contributed by atoms with E-state index < -0.39 is 20.3 Å². The van der Waals surface area contributed by atoms with Gasteiger partial charge in [0.25, 0.3) is 20.3 Å². The summed E-state index contributed by atoms with van der Waals surface area (Å²) in [6.07, 6.45) is 1.07. The molecule has 1 rings (SSSR count). The van der Waals surface area contributed by atoms with Crippen LogP contribution in [0.4, 0.5) is 0 Å². The third-order valence-electron chi connectivity index (χ3n) is 3.76. The van der Waals surface area contributed by atoms with Crippen molar-refractivity contribution in [3.05, 3.63) is 0 Å². The van der Waals surface area contributed by atoms with E-state index in [9.17, 15) is 9.59 Å². The molecular weight excluding hydrogens is 423 g/mol. The summed E-state index contributed by atoms with van der Waals surface area (Å²) in [7, 11) is -1.37. The lowest BCUT2D eigenvalue weighted by Crippen LogP contribution is -2.48. The van der Waals surface area contributed by atoms with Gasteiger partial charge in [0.15, 0.2) is 0 Å². The Morgan fingerprint density at radius 1 is 1.03 bits per heavy atom. The van der Waals surface area contributed by atoms with E-state index in [1.165, 1.54) is 0 Å². The molecule has 1 atom stereocenters. The molecule has 1 aliphatic rings. The lowest BCUT2D eigenvalue weighted by Gasteiger charge is -2.35. The normalized spacial score (nSPS) is 14.3. The first kappa shape index (κ1) is 26.7. The number of hydrogen-bond donors (Lipinski definition) is 4. The maximum Gasteiger partial charge on any atom is 0.290 e. The van der Waals surface area contributed by atoms with Crippen molar-refractivity contribution >= 4 is 32.0 Å². The summed E-state index contributed by atoms with van der Waals surface area (Å²) in [4.78, 5) is 24.0. The van der Waals surface area contributed by atoms with Crippen LogP contribution in [-0.2, 0) is 18.6 Å². The van der Waals surface area contributed by atoms with Crippen molar-refractivity contribution in [2.24, 2.45) is 10.2 Å². The van der Waals surface area contributed by atoms with Crippen LogP contribution in [0.15, 0.2) is 10.2 Å². The molecule has 0 aliphatic carbocycles. The average molecular weight is 456 g/mol. The first-order chi connectivity index (χ1) is 14.8. The molecule has 13 heteroatoms. The van der Waals surface area contributed by atoms with Crippen molar-refractivity contribution in [1.82, 2.24) is 26.2 Å². The summed E-state index contributed by atoms with van der Waals surface area (Å²) in [5.41, 5.74) is 4.92. The molecule has 2 amide bonds. The molecule has 0 spiro atoms. The van der Waals surface area contributed by atoms with Crippen molar-refractivity contribution in [2.45, 2.75) is 59.5 Å². The molecule has 1 unspecified atom stereocenters. The zero-order valence-electron chi connectivity index (χ0n) is 18.8. The van der Waals surface area contributed by atoms with Crippen molar-refractivity contribution in [3.63, 3.8) is 0 Å². The van der Waals surface area contributed by atoms with Crippen LogP contribution in [-0.4, -0.2) is 66.5 Å². The zero-order valence-corrected chi connectivity index (χ0v) is 19.7. The van der Waals surface area contributed by atoms with Gasteiger partial charge in [-0.2, -0.15) is 5.26 Å². The lowest BCUT2D eigenvalue weighted by molar-refractivity contribution is -0.116. The van der Waals surface area contributed by atoms with Crippen LogP contribution in [0.25, 0.3) is 0 Å². The van der Waals surface area contributed by atoms with Crippen LogP contribution in [0.5, 0.6) is 0 Å². The molecule has 174 valence electrons. The number of carbonyl (C=O) groups is 2. The van der Waals surface area contributed by atoms with Gasteiger partial charge in [-0.05, 0) is 34.1 Å². The number of hydrazone groups is 2. The highest BCUT2D eigenvalue weighted by molar-refractivity contribution is 7.44. The van der Waals surface area contributed by atoms with Crippen LogP contribution in [0.2, 0.25) is 0 Å². The highest BCUT2D eigenvalue weighted by Gasteiger charge is 2.27. The van der Waals surface area contributed by atoms with E-state index in [4.69, 9.17) is 14.3 Å². The summed E-state index contributed by atoms with van der Waals surface area (Å²) >= 11 is 0. The van der Waals surface area contributed by atoms with Crippen LogP contribution < -0.4 is 21.5 Å². The highest BCUT2D eigenvalue weighted by atomic mass is 31.2. The van der Waals surface area contributed by atoms with E-state index >= 15 is 0 Å². The Morgan fingerprint density at radius 3 is 2.00 bits per heavy atom. The number of rotatable bonds is 14. The van der Waals surface area contributed by atoms with Gasteiger partial charge in [-0.25, -0.2) is 4.67 Å². The highest BCUT2D eigenvalue weighted by Crippen LogP contribution is 2.45. The molecule has 0 bridgehead atoms. The van der Waals surface area contributed by atoms with Gasteiger partial charge in [-0.15, -0.1) is 10.2 Å². The molecule has 0 aromatic carbocycles. The Hall–Kier alpha value is -2.32. The topological polar surface area (TPSA) is 152 Å². The van der Waals surface area contributed by atoms with Crippen molar-refractivity contribution in [3.8, 4) is 6.07 Å². The fourth-order valence-corrected chi connectivity index (χ4v) is 4.07. The fourth-order valence-electron chi connectivity index (χ4n) is 2.48. The predicted molar refractivity (Wildman–Crippen MR) is 119 cm³/mol. The Balaban J connectivity index is 2.48. The number of nitrogens with zero attached hydrogens (tertiary/aromatic N) is 4. The molecule has 12 nitrogen and oxygen atoms in total. The van der Waals surface area contributed by atoms with Gasteiger partial charge in [0.1, 0.15) is 0 Å². The second-order valence-corrected chi connectivity index (χ2v) is 8.49. The zero-order chi connectivity index (χ0) is 23.2. The van der Waals surface area contributed by atoms with E-state index in [1.54, 1.807) is 0 Å². The van der Waals surface area contributed by atoms with Gasteiger partial charge < -0.3 is 19.7 Å². The summed E-state index contributed by atoms with van der Waals surface area (Å²) in [6.45, 7) is 11.4. The van der Waals surface area contributed by atoms with Gasteiger partial charge in [0, 0.05) is 25.2 Å². The predicted octanol–water partition coefficient (Wildman–Crippen LogP) is 0.741. The number of hydrogen-bond acceptors (Lipinski definition) is 10. The summed E-state index contributed by atoms with van der Waals surface area (Å²) in [5.74, 6) is -0.982. The molecule has 0 saturated carbocycles. The molecule has 31 heavy (non-hydrogen) atoms. The first-order valence-corrected chi connectivity index (χ1v) is 11.4. The van der Waals surface area contributed by atoms with Gasteiger partial charge in [0.05, 0.1) is 25.7 Å². The number of amidine groups is 2. The van der Waals surface area contributed by atoms with Gasteiger partial charge in [0.2, 0.25) is 11.7 Å². The fraction of sp³-hybridized carbons (Fsp3) is 0.722. The molecule has 0 aromatic rings. The number of nitrogens with one attached hydrogen (secondary N) is 4. The van der Waals surface area contributed by atoms with Gasteiger partial charge in [-0.3, -0.25) is 20.4 Å². The van der Waals surface area contributed by atoms with Crippen molar-refractivity contribution in [1.29, 1.82) is 5.26 Å².